The summed E-state index contributed by atoms with van der Waals surface area (Å²) in [4.78, 5) is 18.9. The molecule has 6 heteroatoms. The van der Waals surface area contributed by atoms with E-state index in [1.165, 1.54) is 12.3 Å². The maximum atomic E-state index is 11.4. The summed E-state index contributed by atoms with van der Waals surface area (Å²) in [5.74, 6) is 1.97. The van der Waals surface area contributed by atoms with Crippen molar-refractivity contribution in [2.24, 2.45) is 5.73 Å². The minimum atomic E-state index is -0.766. The highest BCUT2D eigenvalue weighted by atomic mass is 35.5. The van der Waals surface area contributed by atoms with Crippen LogP contribution in [0.5, 0.6) is 0 Å². The number of hydrogen-bond donors (Lipinski definition) is 2. The number of terminal acetylenes is 1. The zero-order chi connectivity index (χ0) is 11.3. The lowest BCUT2D eigenvalue weighted by Crippen LogP contribution is -2.35. The van der Waals surface area contributed by atoms with Crippen molar-refractivity contribution >= 4 is 23.5 Å². The molecule has 1 heterocycles. The van der Waals surface area contributed by atoms with E-state index in [-0.39, 0.29) is 17.5 Å². The smallest absolute Gasteiger partial charge is 0.244 e. The molecule has 0 aliphatic heterocycles. The Hall–Kier alpha value is -1.64. The number of anilines is 1. The monoisotopic (exact) mass is 224 g/mol. The van der Waals surface area contributed by atoms with Gasteiger partial charge in [0.2, 0.25) is 11.9 Å². The molecule has 0 aliphatic carbocycles. The maximum Gasteiger partial charge on any atom is 0.244 e. The van der Waals surface area contributed by atoms with Crippen molar-refractivity contribution in [1.82, 2.24) is 9.97 Å². The van der Waals surface area contributed by atoms with E-state index >= 15 is 0 Å². The average molecular weight is 225 g/mol. The molecule has 1 atom stereocenters. The number of nitrogens with one attached hydrogen (secondary N) is 1. The molecule has 0 aliphatic rings. The van der Waals surface area contributed by atoms with E-state index in [9.17, 15) is 4.79 Å². The number of halogens is 1. The summed E-state index contributed by atoms with van der Waals surface area (Å²) in [6.07, 6.45) is 6.61. The lowest BCUT2D eigenvalue weighted by atomic mass is 10.2. The topological polar surface area (TPSA) is 80.9 Å². The molecule has 0 radical (unpaired) electrons. The molecule has 1 unspecified atom stereocenters. The van der Waals surface area contributed by atoms with E-state index in [0.29, 0.717) is 0 Å². The van der Waals surface area contributed by atoms with Crippen molar-refractivity contribution in [2.45, 2.75) is 12.5 Å². The third-order valence-electron chi connectivity index (χ3n) is 1.53. The first-order valence-electron chi connectivity index (χ1n) is 4.12. The molecule has 0 saturated carbocycles. The molecule has 0 aromatic carbocycles. The number of carbonyl (C=O) groups is 1. The van der Waals surface area contributed by atoms with Gasteiger partial charge in [0.05, 0.1) is 6.04 Å². The van der Waals surface area contributed by atoms with Gasteiger partial charge in [-0.05, 0) is 6.07 Å². The van der Waals surface area contributed by atoms with E-state index in [4.69, 9.17) is 23.8 Å². The van der Waals surface area contributed by atoms with Crippen molar-refractivity contribution in [3.8, 4) is 12.3 Å². The molecule has 0 spiro atoms. The number of hydrogen-bond acceptors (Lipinski definition) is 4. The standard InChI is InChI=1S/C9H9ClN4O/c1-2-3-6(11)8(15)14-9-12-5-4-7(10)13-9/h1,4-6H,3,11H2,(H,12,13,14,15). The zero-order valence-corrected chi connectivity index (χ0v) is 8.53. The second kappa shape index (κ2) is 5.29. The first-order chi connectivity index (χ1) is 7.13. The van der Waals surface area contributed by atoms with Gasteiger partial charge in [-0.15, -0.1) is 12.3 Å². The van der Waals surface area contributed by atoms with Gasteiger partial charge in [-0.3, -0.25) is 10.1 Å². The fraction of sp³-hybridized carbons (Fsp3) is 0.222. The molecule has 0 bridgehead atoms. The number of nitrogens with two attached hydrogens (primary N) is 1. The molecule has 1 amide bonds. The van der Waals surface area contributed by atoms with Gasteiger partial charge in [0.15, 0.2) is 0 Å². The predicted octanol–water partition coefficient (Wildman–Crippen LogP) is 0.419. The minimum absolute atomic E-state index is 0.111. The largest absolute Gasteiger partial charge is 0.319 e. The molecule has 5 nitrogen and oxygen atoms in total. The van der Waals surface area contributed by atoms with Crippen LogP contribution in [0, 0.1) is 12.3 Å². The van der Waals surface area contributed by atoms with Crippen molar-refractivity contribution in [3.63, 3.8) is 0 Å². The Kier molecular flexibility index (Phi) is 4.03. The second-order valence-corrected chi connectivity index (χ2v) is 3.09. The summed E-state index contributed by atoms with van der Waals surface area (Å²) in [7, 11) is 0. The van der Waals surface area contributed by atoms with E-state index in [1.807, 2.05) is 0 Å². The summed E-state index contributed by atoms with van der Waals surface area (Å²) < 4.78 is 0. The summed E-state index contributed by atoms with van der Waals surface area (Å²) in [5.41, 5.74) is 5.47. The first kappa shape index (κ1) is 11.4. The average Bonchev–Trinajstić information content (AvgIpc) is 2.18. The SMILES string of the molecule is C#CCC(N)C(=O)Nc1nccc(Cl)n1. The van der Waals surface area contributed by atoms with Crippen molar-refractivity contribution in [3.05, 3.63) is 17.4 Å². The Balaban J connectivity index is 2.63. The Morgan fingerprint density at radius 2 is 2.53 bits per heavy atom. The molecule has 1 rings (SSSR count). The minimum Gasteiger partial charge on any atom is -0.319 e. The highest BCUT2D eigenvalue weighted by Crippen LogP contribution is 2.05. The van der Waals surface area contributed by atoms with Gasteiger partial charge < -0.3 is 5.73 Å². The molecular formula is C9H9ClN4O. The van der Waals surface area contributed by atoms with Crippen LogP contribution < -0.4 is 11.1 Å². The summed E-state index contributed by atoms with van der Waals surface area (Å²) in [6.45, 7) is 0. The summed E-state index contributed by atoms with van der Waals surface area (Å²) in [6, 6.07) is 0.732. The van der Waals surface area contributed by atoms with E-state index in [1.54, 1.807) is 0 Å². The third kappa shape index (κ3) is 3.54. The molecule has 3 N–H and O–H groups in total. The van der Waals surface area contributed by atoms with E-state index in [2.05, 4.69) is 21.2 Å². The molecular weight excluding hydrogens is 216 g/mol. The van der Waals surface area contributed by atoms with Crippen LogP contribution in [0.15, 0.2) is 12.3 Å². The van der Waals surface area contributed by atoms with Crippen molar-refractivity contribution < 1.29 is 4.79 Å². The second-order valence-electron chi connectivity index (χ2n) is 2.71. The van der Waals surface area contributed by atoms with Gasteiger partial charge in [0, 0.05) is 12.6 Å². The van der Waals surface area contributed by atoms with Gasteiger partial charge in [-0.25, -0.2) is 9.97 Å². The van der Waals surface area contributed by atoms with Crippen LogP contribution in [0.1, 0.15) is 6.42 Å². The fourth-order valence-electron chi connectivity index (χ4n) is 0.819. The lowest BCUT2D eigenvalue weighted by molar-refractivity contribution is -0.117. The van der Waals surface area contributed by atoms with Crippen molar-refractivity contribution in [1.29, 1.82) is 0 Å². The van der Waals surface area contributed by atoms with Gasteiger partial charge >= 0.3 is 0 Å². The third-order valence-corrected chi connectivity index (χ3v) is 1.74. The van der Waals surface area contributed by atoms with Crippen LogP contribution >= 0.6 is 11.6 Å². The van der Waals surface area contributed by atoms with Crippen LogP contribution in [0.25, 0.3) is 0 Å². The highest BCUT2D eigenvalue weighted by Gasteiger charge is 2.13. The van der Waals surface area contributed by atoms with Crippen LogP contribution in [-0.4, -0.2) is 21.9 Å². The highest BCUT2D eigenvalue weighted by molar-refractivity contribution is 6.29. The molecule has 78 valence electrons. The van der Waals surface area contributed by atoms with E-state index in [0.717, 1.165) is 0 Å². The molecule has 1 aromatic rings. The number of rotatable bonds is 3. The number of aromatic nitrogens is 2. The van der Waals surface area contributed by atoms with Gasteiger partial charge in [-0.1, -0.05) is 11.6 Å². The molecule has 0 saturated heterocycles. The number of carbonyl (C=O) groups excluding carboxylic acids is 1. The Morgan fingerprint density at radius 1 is 1.80 bits per heavy atom. The van der Waals surface area contributed by atoms with Crippen LogP contribution in [0.4, 0.5) is 5.95 Å². The van der Waals surface area contributed by atoms with Crippen LogP contribution in [-0.2, 0) is 4.79 Å². The summed E-state index contributed by atoms with van der Waals surface area (Å²) >= 11 is 5.60. The number of amides is 1. The Labute approximate surface area is 92.0 Å². The van der Waals surface area contributed by atoms with Crippen molar-refractivity contribution in [2.75, 3.05) is 5.32 Å². The Morgan fingerprint density at radius 3 is 3.13 bits per heavy atom. The Bertz CT molecular complexity index is 401. The van der Waals surface area contributed by atoms with Gasteiger partial charge in [-0.2, -0.15) is 0 Å². The first-order valence-corrected chi connectivity index (χ1v) is 4.49. The normalized spacial score (nSPS) is 11.5. The number of nitrogens with zero attached hydrogens (tertiary/aromatic N) is 2. The van der Waals surface area contributed by atoms with Crippen LogP contribution in [0.2, 0.25) is 5.15 Å². The van der Waals surface area contributed by atoms with Crippen LogP contribution in [0.3, 0.4) is 0 Å². The fourth-order valence-corrected chi connectivity index (χ4v) is 0.956. The van der Waals surface area contributed by atoms with E-state index < -0.39 is 11.9 Å². The summed E-state index contributed by atoms with van der Waals surface area (Å²) in [5, 5.41) is 2.64. The molecule has 1 aromatic heterocycles. The van der Waals surface area contributed by atoms with Gasteiger partial charge in [0.25, 0.3) is 0 Å². The zero-order valence-electron chi connectivity index (χ0n) is 7.77. The molecule has 15 heavy (non-hydrogen) atoms. The maximum absolute atomic E-state index is 11.4. The lowest BCUT2D eigenvalue weighted by Gasteiger charge is -2.07. The predicted molar refractivity (Wildman–Crippen MR) is 57.1 cm³/mol. The quantitative estimate of drug-likeness (QED) is 0.576. The van der Waals surface area contributed by atoms with Gasteiger partial charge in [0.1, 0.15) is 5.15 Å². The molecule has 0 fully saturated rings.